The van der Waals surface area contributed by atoms with Crippen LogP contribution in [0.1, 0.15) is 36.8 Å². The third kappa shape index (κ3) is 4.58. The average Bonchev–Trinajstić information content (AvgIpc) is 3.18. The molecule has 1 unspecified atom stereocenters. The second kappa shape index (κ2) is 8.25. The van der Waals surface area contributed by atoms with Crippen molar-refractivity contribution in [3.63, 3.8) is 0 Å². The van der Waals surface area contributed by atoms with Gasteiger partial charge in [0.1, 0.15) is 18.2 Å². The Balaban J connectivity index is 1.13. The molecule has 2 bridgehead atoms. The van der Waals surface area contributed by atoms with E-state index in [0.717, 1.165) is 6.07 Å². The van der Waals surface area contributed by atoms with Crippen LogP contribution >= 0.6 is 0 Å². The van der Waals surface area contributed by atoms with Gasteiger partial charge in [0.25, 0.3) is 5.91 Å². The molecule has 4 aliphatic rings. The molecular formula is C22H20F7N3O4. The number of hydrogen-bond acceptors (Lipinski definition) is 5. The minimum atomic E-state index is -4.82. The second-order valence-corrected chi connectivity index (χ2v) is 9.37. The summed E-state index contributed by atoms with van der Waals surface area (Å²) in [6, 6.07) is 1.38. The van der Waals surface area contributed by atoms with Crippen LogP contribution in [0.15, 0.2) is 24.5 Å². The fourth-order valence-electron chi connectivity index (χ4n) is 5.21. The molecule has 196 valence electrons. The zero-order valence-electron chi connectivity index (χ0n) is 18.5. The van der Waals surface area contributed by atoms with Crippen molar-refractivity contribution in [1.29, 1.82) is 0 Å². The van der Waals surface area contributed by atoms with E-state index in [4.69, 9.17) is 9.47 Å². The molecule has 3 saturated carbocycles. The Labute approximate surface area is 199 Å². The highest BCUT2D eigenvalue weighted by molar-refractivity contribution is 5.83. The van der Waals surface area contributed by atoms with Gasteiger partial charge < -0.3 is 14.8 Å². The van der Waals surface area contributed by atoms with E-state index in [1.165, 1.54) is 6.20 Å². The molecule has 0 saturated heterocycles. The van der Waals surface area contributed by atoms with Crippen LogP contribution in [-0.2, 0) is 27.7 Å². The van der Waals surface area contributed by atoms with Crippen molar-refractivity contribution in [1.82, 2.24) is 15.1 Å². The maximum Gasteiger partial charge on any atom is 0.522 e. The maximum atomic E-state index is 13.9. The van der Waals surface area contributed by atoms with Gasteiger partial charge in [-0.2, -0.15) is 18.3 Å². The molecule has 3 fully saturated rings. The molecule has 6 rings (SSSR count). The molecule has 0 spiro atoms. The highest BCUT2D eigenvalue weighted by Gasteiger charge is 2.70. The van der Waals surface area contributed by atoms with Gasteiger partial charge in [-0.15, -0.1) is 13.2 Å². The number of rotatable bonds is 7. The summed E-state index contributed by atoms with van der Waals surface area (Å²) in [5.74, 6) is -1.67. The molecule has 1 amide bonds. The number of halogens is 7. The summed E-state index contributed by atoms with van der Waals surface area (Å²) in [5, 5.41) is 7.14. The lowest BCUT2D eigenvalue weighted by atomic mass is 9.44. The lowest BCUT2D eigenvalue weighted by Crippen LogP contribution is -2.79. The van der Waals surface area contributed by atoms with Crippen molar-refractivity contribution in [2.75, 3.05) is 13.2 Å². The zero-order chi connectivity index (χ0) is 25.9. The predicted octanol–water partition coefficient (Wildman–Crippen LogP) is 4.10. The lowest BCUT2D eigenvalue weighted by molar-refractivity contribution is -0.325. The number of nitrogens with zero attached hydrogens (tertiary/aromatic N) is 2. The van der Waals surface area contributed by atoms with Crippen LogP contribution in [0, 0.1) is 5.82 Å². The van der Waals surface area contributed by atoms with Crippen molar-refractivity contribution in [2.24, 2.45) is 0 Å². The van der Waals surface area contributed by atoms with Gasteiger partial charge in [0.2, 0.25) is 0 Å². The van der Waals surface area contributed by atoms with Gasteiger partial charge in [-0.1, -0.05) is 0 Å². The molecular weight excluding hydrogens is 503 g/mol. The normalized spacial score (nSPS) is 26.8. The standard InChI is InChI=1S/C22H20F7N3O4/c23-15-6-17-12(5-14(15)21(24,25)26)1-2-16(36-17)18(33)31-19-9-20(10-19,11-19)32-8-13(7-30-32)34-3-4-35-22(27,28)29/h5-8,16H,1-4,9-11H2,(H,31,33). The number of alkyl halides is 6. The third-order valence-electron chi connectivity index (χ3n) is 6.75. The number of fused-ring (bicyclic) bond motifs is 1. The average molecular weight is 523 g/mol. The molecule has 2 aromatic rings. The smallest absolute Gasteiger partial charge is 0.488 e. The first-order valence-electron chi connectivity index (χ1n) is 11.0. The number of amides is 1. The number of aryl methyl sites for hydroxylation is 1. The number of benzene rings is 1. The Morgan fingerprint density at radius 3 is 2.56 bits per heavy atom. The molecule has 14 heteroatoms. The number of aromatic nitrogens is 2. The van der Waals surface area contributed by atoms with E-state index in [2.05, 4.69) is 15.2 Å². The van der Waals surface area contributed by atoms with Gasteiger partial charge in [-0.3, -0.25) is 14.2 Å². The molecule has 1 aromatic heterocycles. The summed E-state index contributed by atoms with van der Waals surface area (Å²) in [6.45, 7) is -0.955. The van der Waals surface area contributed by atoms with E-state index < -0.39 is 48.1 Å². The van der Waals surface area contributed by atoms with Gasteiger partial charge in [0.05, 0.1) is 30.1 Å². The third-order valence-corrected chi connectivity index (χ3v) is 6.75. The number of hydrogen-bond donors (Lipinski definition) is 1. The van der Waals surface area contributed by atoms with Crippen LogP contribution in [0.3, 0.4) is 0 Å². The minimum Gasteiger partial charge on any atom is -0.488 e. The van der Waals surface area contributed by atoms with Crippen LogP contribution < -0.4 is 14.8 Å². The molecule has 3 aliphatic carbocycles. The number of ether oxygens (including phenoxy) is 3. The molecule has 1 aliphatic heterocycles. The molecule has 36 heavy (non-hydrogen) atoms. The first-order chi connectivity index (χ1) is 16.8. The van der Waals surface area contributed by atoms with Crippen LogP contribution in [0.25, 0.3) is 0 Å². The highest BCUT2D eigenvalue weighted by atomic mass is 19.4. The second-order valence-electron chi connectivity index (χ2n) is 9.37. The number of carbonyl (C=O) groups excluding carboxylic acids is 1. The van der Waals surface area contributed by atoms with Crippen LogP contribution in [0.2, 0.25) is 0 Å². The summed E-state index contributed by atoms with van der Waals surface area (Å²) in [5.41, 5.74) is -1.98. The molecule has 1 N–H and O–H groups in total. The predicted molar refractivity (Wildman–Crippen MR) is 107 cm³/mol. The number of nitrogens with one attached hydrogen (secondary N) is 1. The summed E-state index contributed by atoms with van der Waals surface area (Å²) >= 11 is 0. The molecule has 1 atom stereocenters. The van der Waals surface area contributed by atoms with Crippen molar-refractivity contribution < 1.29 is 49.7 Å². The molecule has 0 radical (unpaired) electrons. The van der Waals surface area contributed by atoms with Crippen molar-refractivity contribution in [2.45, 2.75) is 61.8 Å². The van der Waals surface area contributed by atoms with E-state index in [1.807, 2.05) is 0 Å². The summed E-state index contributed by atoms with van der Waals surface area (Å²) < 4.78 is 105. The first-order valence-corrected chi connectivity index (χ1v) is 11.0. The van der Waals surface area contributed by atoms with E-state index in [1.54, 1.807) is 10.9 Å². The van der Waals surface area contributed by atoms with Gasteiger partial charge in [0.15, 0.2) is 11.9 Å². The Morgan fingerprint density at radius 1 is 1.17 bits per heavy atom. The SMILES string of the molecule is O=C(NC12CC(n3cc(OCCOC(F)(F)F)cn3)(C1)C2)C1CCc2cc(C(F)(F)F)c(F)cc2O1. The van der Waals surface area contributed by atoms with Gasteiger partial charge in [0, 0.05) is 11.6 Å². The van der Waals surface area contributed by atoms with E-state index in [0.29, 0.717) is 31.1 Å². The monoisotopic (exact) mass is 523 g/mol. The Hall–Kier alpha value is -3.03. The fraction of sp³-hybridized carbons (Fsp3) is 0.545. The number of carbonyl (C=O) groups is 1. The van der Waals surface area contributed by atoms with E-state index in [-0.39, 0.29) is 36.3 Å². The van der Waals surface area contributed by atoms with Crippen LogP contribution in [0.4, 0.5) is 30.7 Å². The maximum absolute atomic E-state index is 13.9. The van der Waals surface area contributed by atoms with Crippen molar-refractivity contribution in [3.05, 3.63) is 41.5 Å². The zero-order valence-corrected chi connectivity index (χ0v) is 18.5. The quantitative estimate of drug-likeness (QED) is 0.437. The summed E-state index contributed by atoms with van der Waals surface area (Å²) in [7, 11) is 0. The van der Waals surface area contributed by atoms with Gasteiger partial charge in [-0.05, 0) is 43.7 Å². The molecule has 7 nitrogen and oxygen atoms in total. The Morgan fingerprint density at radius 2 is 1.89 bits per heavy atom. The molecule has 2 heterocycles. The van der Waals surface area contributed by atoms with Gasteiger partial charge in [-0.25, -0.2) is 4.39 Å². The Bertz CT molecular complexity index is 1160. The fourth-order valence-corrected chi connectivity index (χ4v) is 5.21. The minimum absolute atomic E-state index is 0.0781. The van der Waals surface area contributed by atoms with Gasteiger partial charge >= 0.3 is 12.5 Å². The summed E-state index contributed by atoms with van der Waals surface area (Å²) in [4.78, 5) is 12.8. The first kappa shape index (κ1) is 24.7. The summed E-state index contributed by atoms with van der Waals surface area (Å²) in [6.07, 6.45) is -5.56. The highest BCUT2D eigenvalue weighted by Crippen LogP contribution is 2.65. The lowest BCUT2D eigenvalue weighted by Gasteiger charge is -2.70. The molecule has 1 aromatic carbocycles. The van der Waals surface area contributed by atoms with E-state index >= 15 is 0 Å². The van der Waals surface area contributed by atoms with Crippen molar-refractivity contribution >= 4 is 5.91 Å². The van der Waals surface area contributed by atoms with Crippen LogP contribution in [-0.4, -0.2) is 46.9 Å². The van der Waals surface area contributed by atoms with E-state index in [9.17, 15) is 35.5 Å². The van der Waals surface area contributed by atoms with Crippen molar-refractivity contribution in [3.8, 4) is 11.5 Å². The van der Waals surface area contributed by atoms with Crippen LogP contribution in [0.5, 0.6) is 11.5 Å². The largest absolute Gasteiger partial charge is 0.522 e. The topological polar surface area (TPSA) is 74.6 Å². The Kier molecular flexibility index (Phi) is 5.65.